The first-order chi connectivity index (χ1) is 6.02. The smallest absolute Gasteiger partial charge is 0.338 e. The lowest BCUT2D eigenvalue weighted by Crippen LogP contribution is -2.20. The average molecular weight is 183 g/mol. The van der Waals surface area contributed by atoms with Gasteiger partial charge in [0, 0.05) is 20.2 Å². The molecule has 0 aliphatic heterocycles. The topological polar surface area (TPSA) is 70.8 Å². The van der Waals surface area contributed by atoms with Gasteiger partial charge in [0.2, 0.25) is 0 Å². The van der Waals surface area contributed by atoms with Crippen molar-refractivity contribution in [1.82, 2.24) is 4.90 Å². The SMILES string of the molecule is CN(C)C(=O)c1cc(C(=O)O)co1. The molecule has 0 aliphatic carbocycles. The molecule has 1 heterocycles. The standard InChI is InChI=1S/C8H9NO4/c1-9(2)7(10)6-3-5(4-13-6)8(11)12/h3-4H,1-2H3,(H,11,12). The number of rotatable bonds is 2. The van der Waals surface area contributed by atoms with E-state index in [2.05, 4.69) is 0 Å². The summed E-state index contributed by atoms with van der Waals surface area (Å²) in [5.74, 6) is -1.43. The molecule has 0 radical (unpaired) electrons. The van der Waals surface area contributed by atoms with Crippen LogP contribution in [-0.2, 0) is 0 Å². The third-order valence-corrected chi connectivity index (χ3v) is 1.46. The lowest BCUT2D eigenvalue weighted by molar-refractivity contribution is 0.0695. The molecule has 1 N–H and O–H groups in total. The van der Waals surface area contributed by atoms with Crippen molar-refractivity contribution in [2.45, 2.75) is 0 Å². The summed E-state index contributed by atoms with van der Waals surface area (Å²) in [6.07, 6.45) is 1.04. The van der Waals surface area contributed by atoms with E-state index < -0.39 is 5.97 Å². The van der Waals surface area contributed by atoms with Gasteiger partial charge in [0.25, 0.3) is 5.91 Å². The Morgan fingerprint density at radius 1 is 1.46 bits per heavy atom. The van der Waals surface area contributed by atoms with Crippen LogP contribution in [-0.4, -0.2) is 36.0 Å². The summed E-state index contributed by atoms with van der Waals surface area (Å²) < 4.78 is 4.78. The van der Waals surface area contributed by atoms with Gasteiger partial charge in [-0.25, -0.2) is 4.79 Å². The van der Waals surface area contributed by atoms with E-state index in [1.165, 1.54) is 11.0 Å². The number of amides is 1. The zero-order valence-electron chi connectivity index (χ0n) is 7.27. The quantitative estimate of drug-likeness (QED) is 0.731. The van der Waals surface area contributed by atoms with Crippen LogP contribution >= 0.6 is 0 Å². The van der Waals surface area contributed by atoms with Crippen LogP contribution < -0.4 is 0 Å². The van der Waals surface area contributed by atoms with Gasteiger partial charge < -0.3 is 14.4 Å². The average Bonchev–Trinajstić information content (AvgIpc) is 2.50. The van der Waals surface area contributed by atoms with E-state index in [0.717, 1.165) is 6.26 Å². The minimum absolute atomic E-state index is 0.0230. The van der Waals surface area contributed by atoms with Gasteiger partial charge in [0.05, 0.1) is 5.56 Å². The van der Waals surface area contributed by atoms with E-state index in [1.807, 2.05) is 0 Å². The maximum absolute atomic E-state index is 11.2. The monoisotopic (exact) mass is 183 g/mol. The summed E-state index contributed by atoms with van der Waals surface area (Å²) in [4.78, 5) is 23.0. The predicted octanol–water partition coefficient (Wildman–Crippen LogP) is 0.680. The molecule has 1 aromatic rings. The van der Waals surface area contributed by atoms with E-state index in [0.29, 0.717) is 0 Å². The lowest BCUT2D eigenvalue weighted by Gasteiger charge is -2.05. The van der Waals surface area contributed by atoms with Crippen molar-refractivity contribution in [3.05, 3.63) is 23.7 Å². The fourth-order valence-corrected chi connectivity index (χ4v) is 0.781. The molecule has 0 saturated heterocycles. The van der Waals surface area contributed by atoms with E-state index >= 15 is 0 Å². The van der Waals surface area contributed by atoms with Crippen LogP contribution in [0, 0.1) is 0 Å². The molecule has 70 valence electrons. The molecule has 0 spiro atoms. The molecule has 0 saturated carbocycles. The second-order valence-corrected chi connectivity index (χ2v) is 2.70. The van der Waals surface area contributed by atoms with Crippen molar-refractivity contribution >= 4 is 11.9 Å². The fourth-order valence-electron chi connectivity index (χ4n) is 0.781. The molecule has 5 heteroatoms. The molecule has 0 aliphatic rings. The van der Waals surface area contributed by atoms with Gasteiger partial charge in [-0.2, -0.15) is 0 Å². The first-order valence-electron chi connectivity index (χ1n) is 3.56. The Morgan fingerprint density at radius 2 is 2.08 bits per heavy atom. The Labute approximate surface area is 74.6 Å². The largest absolute Gasteiger partial charge is 0.478 e. The summed E-state index contributed by atoms with van der Waals surface area (Å²) in [5.41, 5.74) is -0.0230. The van der Waals surface area contributed by atoms with Crippen molar-refractivity contribution in [2.24, 2.45) is 0 Å². The van der Waals surface area contributed by atoms with E-state index in [1.54, 1.807) is 14.1 Å². The van der Waals surface area contributed by atoms with Gasteiger partial charge in [0.1, 0.15) is 6.26 Å². The first-order valence-corrected chi connectivity index (χ1v) is 3.56. The van der Waals surface area contributed by atoms with Crippen molar-refractivity contribution < 1.29 is 19.1 Å². The Hall–Kier alpha value is -1.78. The number of hydrogen-bond acceptors (Lipinski definition) is 3. The highest BCUT2D eigenvalue weighted by Gasteiger charge is 2.15. The Morgan fingerprint density at radius 3 is 2.46 bits per heavy atom. The van der Waals surface area contributed by atoms with Crippen LogP contribution in [0.5, 0.6) is 0 Å². The summed E-state index contributed by atoms with van der Waals surface area (Å²) in [6, 6.07) is 1.20. The molecule has 0 atom stereocenters. The zero-order chi connectivity index (χ0) is 10.0. The maximum Gasteiger partial charge on any atom is 0.338 e. The van der Waals surface area contributed by atoms with Crippen molar-refractivity contribution in [3.63, 3.8) is 0 Å². The van der Waals surface area contributed by atoms with Crippen molar-refractivity contribution in [3.8, 4) is 0 Å². The molecule has 0 fully saturated rings. The van der Waals surface area contributed by atoms with Crippen molar-refractivity contribution in [2.75, 3.05) is 14.1 Å². The normalized spacial score (nSPS) is 9.69. The number of hydrogen-bond donors (Lipinski definition) is 1. The second-order valence-electron chi connectivity index (χ2n) is 2.70. The van der Waals surface area contributed by atoms with Crippen LogP contribution in [0.15, 0.2) is 16.7 Å². The van der Waals surface area contributed by atoms with Gasteiger partial charge in [-0.1, -0.05) is 0 Å². The molecule has 1 rings (SSSR count). The summed E-state index contributed by atoms with van der Waals surface area (Å²) in [7, 11) is 3.12. The molecule has 1 aromatic heterocycles. The highest BCUT2D eigenvalue weighted by atomic mass is 16.4. The van der Waals surface area contributed by atoms with E-state index in [9.17, 15) is 9.59 Å². The lowest BCUT2D eigenvalue weighted by atomic mass is 10.3. The number of nitrogens with zero attached hydrogens (tertiary/aromatic N) is 1. The number of aromatic carboxylic acids is 1. The summed E-state index contributed by atoms with van der Waals surface area (Å²) >= 11 is 0. The molecule has 0 unspecified atom stereocenters. The van der Waals surface area contributed by atoms with Crippen LogP contribution in [0.25, 0.3) is 0 Å². The third-order valence-electron chi connectivity index (χ3n) is 1.46. The van der Waals surface area contributed by atoms with Gasteiger partial charge in [0.15, 0.2) is 5.76 Å². The molecule has 1 amide bonds. The maximum atomic E-state index is 11.2. The predicted molar refractivity (Wildman–Crippen MR) is 43.7 cm³/mol. The van der Waals surface area contributed by atoms with Gasteiger partial charge in [-0.15, -0.1) is 0 Å². The second kappa shape index (κ2) is 3.30. The Balaban J connectivity index is 2.92. The van der Waals surface area contributed by atoms with Crippen LogP contribution in [0.1, 0.15) is 20.9 Å². The highest BCUT2D eigenvalue weighted by Crippen LogP contribution is 2.09. The van der Waals surface area contributed by atoms with Gasteiger partial charge in [-0.3, -0.25) is 4.79 Å². The minimum Gasteiger partial charge on any atom is -0.478 e. The highest BCUT2D eigenvalue weighted by molar-refractivity contribution is 5.95. The number of carbonyl (C=O) groups is 2. The van der Waals surface area contributed by atoms with Crippen LogP contribution in [0.3, 0.4) is 0 Å². The Kier molecular flexibility index (Phi) is 2.36. The fraction of sp³-hybridized carbons (Fsp3) is 0.250. The number of furan rings is 1. The molecule has 0 bridgehead atoms. The van der Waals surface area contributed by atoms with E-state index in [-0.39, 0.29) is 17.2 Å². The number of carboxylic acid groups (broad SMARTS) is 1. The molecule has 13 heavy (non-hydrogen) atoms. The summed E-state index contributed by atoms with van der Waals surface area (Å²) in [5, 5.41) is 8.53. The molecule has 5 nitrogen and oxygen atoms in total. The third kappa shape index (κ3) is 1.87. The number of carbonyl (C=O) groups excluding carboxylic acids is 1. The minimum atomic E-state index is -1.11. The molecular formula is C8H9NO4. The molecule has 0 aromatic carbocycles. The zero-order valence-corrected chi connectivity index (χ0v) is 7.27. The number of carboxylic acids is 1. The summed E-state index contributed by atoms with van der Waals surface area (Å²) in [6.45, 7) is 0. The molecular weight excluding hydrogens is 174 g/mol. The van der Waals surface area contributed by atoms with Gasteiger partial charge >= 0.3 is 5.97 Å². The van der Waals surface area contributed by atoms with Crippen LogP contribution in [0.2, 0.25) is 0 Å². The van der Waals surface area contributed by atoms with Crippen molar-refractivity contribution in [1.29, 1.82) is 0 Å². The first kappa shape index (κ1) is 9.31. The van der Waals surface area contributed by atoms with E-state index in [4.69, 9.17) is 9.52 Å². The van der Waals surface area contributed by atoms with Gasteiger partial charge in [-0.05, 0) is 0 Å². The Bertz CT molecular complexity index is 340. The van der Waals surface area contributed by atoms with Crippen LogP contribution in [0.4, 0.5) is 0 Å².